The predicted molar refractivity (Wildman–Crippen MR) is 43.2 cm³/mol. The zero-order chi connectivity index (χ0) is 8.20. The molecule has 0 saturated heterocycles. The molecule has 0 rings (SSSR count). The van der Waals surface area contributed by atoms with Crippen LogP contribution in [0.3, 0.4) is 0 Å². The first kappa shape index (κ1) is 9.52. The lowest BCUT2D eigenvalue weighted by atomic mass is 10.0. The minimum Gasteiger partial charge on any atom is -0.480 e. The fraction of sp³-hybridized carbons (Fsp3) is 0.500. The number of carboxylic acids is 1. The molecule has 0 aromatic rings. The lowest BCUT2D eigenvalue weighted by Gasteiger charge is -2.16. The molecular weight excluding hydrogens is 150 g/mol. The molecule has 1 unspecified atom stereocenters. The molecule has 0 aliphatic heterocycles. The highest BCUT2D eigenvalue weighted by Gasteiger charge is 2.28. The summed E-state index contributed by atoms with van der Waals surface area (Å²) >= 11 is 3.82. The topological polar surface area (TPSA) is 63.3 Å². The van der Waals surface area contributed by atoms with Gasteiger partial charge in [-0.25, -0.2) is 4.79 Å². The number of carbonyl (C=O) groups is 1. The van der Waals surface area contributed by atoms with Crippen LogP contribution in [0, 0.1) is 0 Å². The molecule has 0 amide bonds. The third kappa shape index (κ3) is 2.04. The molecule has 0 aliphatic rings. The number of rotatable bonds is 3. The van der Waals surface area contributed by atoms with Gasteiger partial charge in [0.2, 0.25) is 0 Å². The van der Waals surface area contributed by atoms with E-state index in [1.54, 1.807) is 13.0 Å². The minimum absolute atomic E-state index is 0.104. The predicted octanol–water partition coefficient (Wildman–Crippen LogP) is 0.274. The maximum Gasteiger partial charge on any atom is 0.328 e. The number of thiol groups is 1. The van der Waals surface area contributed by atoms with E-state index >= 15 is 0 Å². The van der Waals surface area contributed by atoms with Gasteiger partial charge in [-0.15, -0.1) is 0 Å². The van der Waals surface area contributed by atoms with Crippen molar-refractivity contribution in [3.05, 3.63) is 12.2 Å². The monoisotopic (exact) mass is 161 g/mol. The standard InChI is InChI=1S/C6H11NO2S/c1-2-3-6(7,4-10)5(8)9/h2-3,10H,4,7H2,1H3,(H,8,9)/b3-2+. The van der Waals surface area contributed by atoms with Gasteiger partial charge in [-0.1, -0.05) is 12.2 Å². The summed E-state index contributed by atoms with van der Waals surface area (Å²) in [6, 6.07) is 0. The summed E-state index contributed by atoms with van der Waals surface area (Å²) in [7, 11) is 0. The molecule has 3 N–H and O–H groups in total. The van der Waals surface area contributed by atoms with Crippen LogP contribution in [-0.2, 0) is 4.79 Å². The Hall–Kier alpha value is -0.480. The van der Waals surface area contributed by atoms with Gasteiger partial charge in [0.15, 0.2) is 0 Å². The highest BCUT2D eigenvalue weighted by atomic mass is 32.1. The molecule has 0 aromatic heterocycles. The first-order valence-corrected chi connectivity index (χ1v) is 3.47. The zero-order valence-corrected chi connectivity index (χ0v) is 6.64. The molecule has 3 nitrogen and oxygen atoms in total. The number of aliphatic carboxylic acids is 1. The zero-order valence-electron chi connectivity index (χ0n) is 5.74. The lowest BCUT2D eigenvalue weighted by molar-refractivity contribution is -0.140. The van der Waals surface area contributed by atoms with Crippen LogP contribution in [0.15, 0.2) is 12.2 Å². The Morgan fingerprint density at radius 2 is 2.40 bits per heavy atom. The smallest absolute Gasteiger partial charge is 0.328 e. The van der Waals surface area contributed by atoms with Gasteiger partial charge in [0, 0.05) is 5.75 Å². The van der Waals surface area contributed by atoms with Gasteiger partial charge in [-0.3, -0.25) is 0 Å². The SMILES string of the molecule is C/C=C/C(N)(CS)C(=O)O. The van der Waals surface area contributed by atoms with Gasteiger partial charge in [-0.2, -0.15) is 12.6 Å². The van der Waals surface area contributed by atoms with Gasteiger partial charge in [0.1, 0.15) is 5.54 Å². The second-order valence-corrected chi connectivity index (χ2v) is 2.32. The molecule has 0 saturated carbocycles. The van der Waals surface area contributed by atoms with Crippen molar-refractivity contribution in [3.8, 4) is 0 Å². The molecule has 0 aromatic carbocycles. The largest absolute Gasteiger partial charge is 0.480 e. The second-order valence-electron chi connectivity index (χ2n) is 2.00. The van der Waals surface area contributed by atoms with E-state index in [1.165, 1.54) is 6.08 Å². The van der Waals surface area contributed by atoms with Crippen molar-refractivity contribution in [2.75, 3.05) is 5.75 Å². The molecule has 0 aliphatic carbocycles. The van der Waals surface area contributed by atoms with Crippen LogP contribution in [0.25, 0.3) is 0 Å². The van der Waals surface area contributed by atoms with Crippen molar-refractivity contribution in [2.24, 2.45) is 5.73 Å². The van der Waals surface area contributed by atoms with E-state index in [0.29, 0.717) is 0 Å². The quantitative estimate of drug-likeness (QED) is 0.411. The summed E-state index contributed by atoms with van der Waals surface area (Å²) in [5.41, 5.74) is 4.08. The number of hydrogen-bond acceptors (Lipinski definition) is 3. The van der Waals surface area contributed by atoms with E-state index in [-0.39, 0.29) is 5.75 Å². The summed E-state index contributed by atoms with van der Waals surface area (Å²) in [5.74, 6) is -0.951. The molecule has 0 spiro atoms. The molecule has 10 heavy (non-hydrogen) atoms. The third-order valence-electron chi connectivity index (χ3n) is 1.12. The van der Waals surface area contributed by atoms with Crippen LogP contribution < -0.4 is 5.73 Å². The Morgan fingerprint density at radius 3 is 2.50 bits per heavy atom. The number of hydrogen-bond donors (Lipinski definition) is 3. The maximum absolute atomic E-state index is 10.4. The fourth-order valence-corrected chi connectivity index (χ4v) is 0.730. The van der Waals surface area contributed by atoms with Crippen LogP contribution in [0.2, 0.25) is 0 Å². The second kappa shape index (κ2) is 3.63. The van der Waals surface area contributed by atoms with E-state index < -0.39 is 11.5 Å². The summed E-state index contributed by atoms with van der Waals surface area (Å²) in [6.45, 7) is 1.72. The molecule has 4 heteroatoms. The maximum atomic E-state index is 10.4. The Kier molecular flexibility index (Phi) is 3.46. The summed E-state index contributed by atoms with van der Waals surface area (Å²) in [6.07, 6.45) is 3.02. The first-order chi connectivity index (χ1) is 4.56. The number of nitrogens with two attached hydrogens (primary N) is 1. The lowest BCUT2D eigenvalue weighted by Crippen LogP contribution is -2.47. The molecular formula is C6H11NO2S. The van der Waals surface area contributed by atoms with Gasteiger partial charge in [0.05, 0.1) is 0 Å². The molecule has 1 atom stereocenters. The van der Waals surface area contributed by atoms with Gasteiger partial charge in [0.25, 0.3) is 0 Å². The Bertz CT molecular complexity index is 158. The molecule has 0 fully saturated rings. The highest BCUT2D eigenvalue weighted by molar-refractivity contribution is 7.80. The van der Waals surface area contributed by atoms with Crippen LogP contribution in [0.4, 0.5) is 0 Å². The van der Waals surface area contributed by atoms with Gasteiger partial charge in [-0.05, 0) is 6.92 Å². The summed E-state index contributed by atoms with van der Waals surface area (Å²) in [5, 5.41) is 8.54. The van der Waals surface area contributed by atoms with Crippen molar-refractivity contribution in [2.45, 2.75) is 12.5 Å². The average Bonchev–Trinajstić information content (AvgIpc) is 1.88. The van der Waals surface area contributed by atoms with Gasteiger partial charge < -0.3 is 10.8 Å². The third-order valence-corrected chi connectivity index (χ3v) is 1.65. The summed E-state index contributed by atoms with van der Waals surface area (Å²) in [4.78, 5) is 10.4. The normalized spacial score (nSPS) is 17.1. The van der Waals surface area contributed by atoms with Gasteiger partial charge >= 0.3 is 5.97 Å². The summed E-state index contributed by atoms with van der Waals surface area (Å²) < 4.78 is 0. The van der Waals surface area contributed by atoms with Crippen molar-refractivity contribution < 1.29 is 9.90 Å². The Labute approximate surface area is 65.3 Å². The fourth-order valence-electron chi connectivity index (χ4n) is 0.489. The Morgan fingerprint density at radius 1 is 1.90 bits per heavy atom. The molecule has 58 valence electrons. The van der Waals surface area contributed by atoms with Crippen LogP contribution in [-0.4, -0.2) is 22.4 Å². The van der Waals surface area contributed by atoms with E-state index in [9.17, 15) is 4.79 Å². The Balaban J connectivity index is 4.38. The van der Waals surface area contributed by atoms with Crippen molar-refractivity contribution in [1.29, 1.82) is 0 Å². The van der Waals surface area contributed by atoms with Crippen LogP contribution in [0.1, 0.15) is 6.92 Å². The van der Waals surface area contributed by atoms with E-state index in [4.69, 9.17) is 10.8 Å². The van der Waals surface area contributed by atoms with Crippen molar-refractivity contribution in [3.63, 3.8) is 0 Å². The van der Waals surface area contributed by atoms with E-state index in [0.717, 1.165) is 0 Å². The van der Waals surface area contributed by atoms with E-state index in [1.807, 2.05) is 0 Å². The van der Waals surface area contributed by atoms with Crippen molar-refractivity contribution >= 4 is 18.6 Å². The minimum atomic E-state index is -1.31. The number of carboxylic acid groups (broad SMARTS) is 1. The van der Waals surface area contributed by atoms with Crippen molar-refractivity contribution in [1.82, 2.24) is 0 Å². The van der Waals surface area contributed by atoms with E-state index in [2.05, 4.69) is 12.6 Å². The molecule has 0 heterocycles. The van der Waals surface area contributed by atoms with Crippen LogP contribution >= 0.6 is 12.6 Å². The van der Waals surface area contributed by atoms with Crippen LogP contribution in [0.5, 0.6) is 0 Å². The highest BCUT2D eigenvalue weighted by Crippen LogP contribution is 2.04. The number of allylic oxidation sites excluding steroid dienone is 1. The molecule has 0 bridgehead atoms. The molecule has 0 radical (unpaired) electrons. The average molecular weight is 161 g/mol. The first-order valence-electron chi connectivity index (χ1n) is 2.84.